The Kier molecular flexibility index (Phi) is 2.53. The minimum absolute atomic E-state index is 0.323. The van der Waals surface area contributed by atoms with Crippen LogP contribution in [0.2, 0.25) is 5.02 Å². The maximum absolute atomic E-state index is 6.06. The Labute approximate surface area is 107 Å². The van der Waals surface area contributed by atoms with E-state index in [1.165, 1.54) is 6.26 Å². The molecular formula is C12H8ClN3O2. The maximum Gasteiger partial charge on any atom is 0.259 e. The van der Waals surface area contributed by atoms with Crippen LogP contribution in [0.3, 0.4) is 0 Å². The highest BCUT2D eigenvalue weighted by molar-refractivity contribution is 6.33. The highest BCUT2D eigenvalue weighted by Gasteiger charge is 2.14. The van der Waals surface area contributed by atoms with Crippen molar-refractivity contribution >= 4 is 17.3 Å². The van der Waals surface area contributed by atoms with Crippen molar-refractivity contribution in [1.82, 2.24) is 10.1 Å². The predicted molar refractivity (Wildman–Crippen MR) is 66.9 cm³/mol. The first-order valence-electron chi connectivity index (χ1n) is 5.16. The molecule has 0 aliphatic heterocycles. The van der Waals surface area contributed by atoms with Crippen LogP contribution in [0.15, 0.2) is 45.7 Å². The fourth-order valence-electron chi connectivity index (χ4n) is 1.55. The molecular weight excluding hydrogens is 254 g/mol. The Morgan fingerprint density at radius 2 is 2.11 bits per heavy atom. The van der Waals surface area contributed by atoms with Crippen LogP contribution in [0, 0.1) is 0 Å². The molecule has 0 fully saturated rings. The van der Waals surface area contributed by atoms with E-state index in [1.807, 2.05) is 0 Å². The molecule has 0 unspecified atom stereocenters. The van der Waals surface area contributed by atoms with E-state index in [1.54, 1.807) is 30.5 Å². The van der Waals surface area contributed by atoms with E-state index in [-0.39, 0.29) is 0 Å². The molecule has 0 bridgehead atoms. The summed E-state index contributed by atoms with van der Waals surface area (Å²) in [4.78, 5) is 4.25. The van der Waals surface area contributed by atoms with Crippen molar-refractivity contribution < 1.29 is 8.94 Å². The molecule has 6 heteroatoms. The van der Waals surface area contributed by atoms with E-state index in [2.05, 4.69) is 10.1 Å². The number of furan rings is 1. The number of anilines is 1. The second-order valence-corrected chi connectivity index (χ2v) is 4.08. The third kappa shape index (κ3) is 1.84. The summed E-state index contributed by atoms with van der Waals surface area (Å²) in [6, 6.07) is 6.83. The second kappa shape index (κ2) is 4.19. The first-order chi connectivity index (χ1) is 8.74. The number of hydrogen-bond acceptors (Lipinski definition) is 5. The van der Waals surface area contributed by atoms with E-state index in [9.17, 15) is 0 Å². The lowest BCUT2D eigenvalue weighted by atomic mass is 10.2. The lowest BCUT2D eigenvalue weighted by Gasteiger charge is -1.99. The normalized spacial score (nSPS) is 10.7. The monoisotopic (exact) mass is 261 g/mol. The Morgan fingerprint density at radius 1 is 1.22 bits per heavy atom. The lowest BCUT2D eigenvalue weighted by molar-refractivity contribution is 0.432. The van der Waals surface area contributed by atoms with E-state index in [4.69, 9.17) is 26.3 Å². The molecule has 1 aromatic carbocycles. The van der Waals surface area contributed by atoms with E-state index in [0.29, 0.717) is 28.0 Å². The zero-order valence-corrected chi connectivity index (χ0v) is 9.89. The summed E-state index contributed by atoms with van der Waals surface area (Å²) in [6.07, 6.45) is 3.08. The van der Waals surface area contributed by atoms with Gasteiger partial charge in [0.2, 0.25) is 5.82 Å². The average Bonchev–Trinajstić information content (AvgIpc) is 3.00. The molecule has 2 heterocycles. The number of benzene rings is 1. The number of hydrogen-bond donors (Lipinski definition) is 1. The summed E-state index contributed by atoms with van der Waals surface area (Å²) in [5.41, 5.74) is 7.63. The number of halogens is 1. The SMILES string of the molecule is Nc1ccc(Cl)c(-c2nc(-c3ccoc3)no2)c1. The molecule has 0 atom stereocenters. The van der Waals surface area contributed by atoms with E-state index < -0.39 is 0 Å². The first-order valence-corrected chi connectivity index (χ1v) is 5.53. The molecule has 0 saturated carbocycles. The van der Waals surface area contributed by atoms with Crippen LogP contribution in [-0.4, -0.2) is 10.1 Å². The van der Waals surface area contributed by atoms with Gasteiger partial charge in [0.1, 0.15) is 6.26 Å². The molecule has 0 saturated heterocycles. The van der Waals surface area contributed by atoms with Gasteiger partial charge in [-0.05, 0) is 24.3 Å². The van der Waals surface area contributed by atoms with E-state index in [0.717, 1.165) is 5.56 Å². The van der Waals surface area contributed by atoms with Gasteiger partial charge in [-0.15, -0.1) is 0 Å². The van der Waals surface area contributed by atoms with Gasteiger partial charge >= 0.3 is 0 Å². The van der Waals surface area contributed by atoms with Crippen LogP contribution in [0.1, 0.15) is 0 Å². The summed E-state index contributed by atoms with van der Waals surface area (Å²) < 4.78 is 10.1. The topological polar surface area (TPSA) is 78.1 Å². The van der Waals surface area contributed by atoms with Crippen molar-refractivity contribution in [3.8, 4) is 22.8 Å². The van der Waals surface area contributed by atoms with Gasteiger partial charge in [0, 0.05) is 5.69 Å². The molecule has 5 nitrogen and oxygen atoms in total. The molecule has 2 N–H and O–H groups in total. The van der Waals surface area contributed by atoms with Gasteiger partial charge < -0.3 is 14.7 Å². The third-order valence-corrected chi connectivity index (χ3v) is 2.76. The van der Waals surface area contributed by atoms with Crippen LogP contribution in [0.4, 0.5) is 5.69 Å². The standard InChI is InChI=1S/C12H8ClN3O2/c13-10-2-1-8(14)5-9(10)12-15-11(16-18-12)7-3-4-17-6-7/h1-6H,14H2. The fraction of sp³-hybridized carbons (Fsp3) is 0. The summed E-state index contributed by atoms with van der Waals surface area (Å²) in [5, 5.41) is 4.37. The molecule has 3 rings (SSSR count). The molecule has 18 heavy (non-hydrogen) atoms. The fourth-order valence-corrected chi connectivity index (χ4v) is 1.75. The van der Waals surface area contributed by atoms with Gasteiger partial charge in [-0.2, -0.15) is 4.98 Å². The van der Waals surface area contributed by atoms with Crippen LogP contribution in [0.25, 0.3) is 22.8 Å². The smallest absolute Gasteiger partial charge is 0.259 e. The summed E-state index contributed by atoms with van der Waals surface area (Å²) in [7, 11) is 0. The number of nitrogen functional groups attached to an aromatic ring is 1. The van der Waals surface area contributed by atoms with Gasteiger partial charge in [-0.3, -0.25) is 0 Å². The number of aromatic nitrogens is 2. The Balaban J connectivity index is 2.05. The largest absolute Gasteiger partial charge is 0.472 e. The number of rotatable bonds is 2. The van der Waals surface area contributed by atoms with Gasteiger partial charge in [0.05, 0.1) is 22.4 Å². The minimum Gasteiger partial charge on any atom is -0.472 e. The van der Waals surface area contributed by atoms with Crippen LogP contribution < -0.4 is 5.73 Å². The lowest BCUT2D eigenvalue weighted by Crippen LogP contribution is -1.87. The van der Waals surface area contributed by atoms with E-state index >= 15 is 0 Å². The molecule has 0 amide bonds. The Hall–Kier alpha value is -2.27. The molecule has 0 aliphatic rings. The summed E-state index contributed by atoms with van der Waals surface area (Å²) in [5.74, 6) is 0.765. The van der Waals surface area contributed by atoms with Crippen molar-refractivity contribution in [2.24, 2.45) is 0 Å². The van der Waals surface area contributed by atoms with Gasteiger partial charge in [-0.25, -0.2) is 0 Å². The zero-order valence-electron chi connectivity index (χ0n) is 9.13. The molecule has 0 spiro atoms. The summed E-state index contributed by atoms with van der Waals surface area (Å²) in [6.45, 7) is 0. The number of nitrogens with two attached hydrogens (primary N) is 1. The third-order valence-electron chi connectivity index (χ3n) is 2.43. The molecule has 90 valence electrons. The predicted octanol–water partition coefficient (Wildman–Crippen LogP) is 3.23. The molecule has 0 aliphatic carbocycles. The van der Waals surface area contributed by atoms with Crippen LogP contribution in [0.5, 0.6) is 0 Å². The molecule has 2 aromatic heterocycles. The highest BCUT2D eigenvalue weighted by atomic mass is 35.5. The highest BCUT2D eigenvalue weighted by Crippen LogP contribution is 2.30. The number of nitrogens with zero attached hydrogens (tertiary/aromatic N) is 2. The molecule has 3 aromatic rings. The zero-order chi connectivity index (χ0) is 12.5. The van der Waals surface area contributed by atoms with Gasteiger partial charge in [0.15, 0.2) is 0 Å². The Morgan fingerprint density at radius 3 is 2.89 bits per heavy atom. The molecule has 0 radical (unpaired) electrons. The van der Waals surface area contributed by atoms with Crippen molar-refractivity contribution in [1.29, 1.82) is 0 Å². The first kappa shape index (κ1) is 10.9. The van der Waals surface area contributed by atoms with Crippen molar-refractivity contribution in [3.63, 3.8) is 0 Å². The summed E-state index contributed by atoms with van der Waals surface area (Å²) >= 11 is 6.06. The second-order valence-electron chi connectivity index (χ2n) is 3.67. The maximum atomic E-state index is 6.06. The van der Waals surface area contributed by atoms with Crippen molar-refractivity contribution in [2.75, 3.05) is 5.73 Å². The quantitative estimate of drug-likeness (QED) is 0.717. The van der Waals surface area contributed by atoms with Crippen molar-refractivity contribution in [3.05, 3.63) is 41.8 Å². The van der Waals surface area contributed by atoms with Crippen LogP contribution >= 0.6 is 11.6 Å². The van der Waals surface area contributed by atoms with Crippen molar-refractivity contribution in [2.45, 2.75) is 0 Å². The van der Waals surface area contributed by atoms with Gasteiger partial charge in [-0.1, -0.05) is 16.8 Å². The van der Waals surface area contributed by atoms with Crippen LogP contribution in [-0.2, 0) is 0 Å². The average molecular weight is 262 g/mol. The van der Waals surface area contributed by atoms with Gasteiger partial charge in [0.25, 0.3) is 5.89 Å². The minimum atomic E-state index is 0.323. The Bertz CT molecular complexity index is 676.